The molecule has 3 aromatic rings. The predicted molar refractivity (Wildman–Crippen MR) is 81.9 cm³/mol. The zero-order chi connectivity index (χ0) is 13.4. The minimum atomic E-state index is 0.693. The molecule has 0 aliphatic rings. The van der Waals surface area contributed by atoms with E-state index in [1.807, 2.05) is 53.2 Å². The third kappa shape index (κ3) is 2.42. The van der Waals surface area contributed by atoms with E-state index in [4.69, 9.17) is 28.9 Å². The van der Waals surface area contributed by atoms with Gasteiger partial charge in [0.2, 0.25) is 0 Å². The summed E-state index contributed by atoms with van der Waals surface area (Å²) in [6.07, 6.45) is 2.01. The Morgan fingerprint density at radius 2 is 1.79 bits per heavy atom. The Morgan fingerprint density at radius 1 is 1.00 bits per heavy atom. The first-order valence-corrected chi connectivity index (χ1v) is 6.67. The summed E-state index contributed by atoms with van der Waals surface area (Å²) in [5.74, 6) is 0.742. The molecule has 0 bridgehead atoms. The third-order valence-electron chi connectivity index (χ3n) is 3.14. The fraction of sp³-hybridized carbons (Fsp3) is 0.0667. The van der Waals surface area contributed by atoms with Gasteiger partial charge in [-0.2, -0.15) is 0 Å². The lowest BCUT2D eigenvalue weighted by Crippen LogP contribution is -2.02. The SMILES string of the molecule is Nc1c2ccc(Cl)cc2cn1Cc1cccc(Cl)c1. The molecule has 1 aromatic heterocycles. The molecule has 0 amide bonds. The Morgan fingerprint density at radius 3 is 2.58 bits per heavy atom. The summed E-state index contributed by atoms with van der Waals surface area (Å²) in [6.45, 7) is 0.693. The molecular formula is C15H12Cl2N2. The van der Waals surface area contributed by atoms with E-state index < -0.39 is 0 Å². The van der Waals surface area contributed by atoms with Crippen LogP contribution < -0.4 is 5.73 Å². The minimum Gasteiger partial charge on any atom is -0.385 e. The molecule has 2 nitrogen and oxygen atoms in total. The molecule has 0 saturated heterocycles. The molecule has 1 heterocycles. The van der Waals surface area contributed by atoms with Gasteiger partial charge < -0.3 is 10.3 Å². The molecule has 0 atom stereocenters. The van der Waals surface area contributed by atoms with Crippen molar-refractivity contribution in [2.24, 2.45) is 0 Å². The number of rotatable bonds is 2. The first-order valence-electron chi connectivity index (χ1n) is 5.92. The number of nitrogens with two attached hydrogens (primary N) is 1. The number of hydrogen-bond acceptors (Lipinski definition) is 1. The van der Waals surface area contributed by atoms with E-state index in [2.05, 4.69) is 0 Å². The van der Waals surface area contributed by atoms with Gasteiger partial charge in [0.1, 0.15) is 5.82 Å². The fourth-order valence-electron chi connectivity index (χ4n) is 2.23. The second-order valence-electron chi connectivity index (χ2n) is 4.50. The summed E-state index contributed by atoms with van der Waals surface area (Å²) < 4.78 is 2.01. The van der Waals surface area contributed by atoms with Gasteiger partial charge in [-0.05, 0) is 35.9 Å². The average molecular weight is 291 g/mol. The van der Waals surface area contributed by atoms with Crippen LogP contribution in [0, 0.1) is 0 Å². The molecule has 0 unspecified atom stereocenters. The van der Waals surface area contributed by atoms with Crippen LogP contribution in [0.15, 0.2) is 48.7 Å². The van der Waals surface area contributed by atoms with Crippen LogP contribution in [0.5, 0.6) is 0 Å². The average Bonchev–Trinajstić information content (AvgIpc) is 2.66. The Labute approximate surface area is 121 Å². The highest BCUT2D eigenvalue weighted by Crippen LogP contribution is 2.27. The predicted octanol–water partition coefficient (Wildman–Crippen LogP) is 4.58. The maximum atomic E-state index is 6.16. The highest BCUT2D eigenvalue weighted by atomic mass is 35.5. The molecule has 0 fully saturated rings. The van der Waals surface area contributed by atoms with Gasteiger partial charge in [-0.1, -0.05) is 35.3 Å². The smallest absolute Gasteiger partial charge is 0.111 e. The van der Waals surface area contributed by atoms with Crippen LogP contribution in [-0.2, 0) is 6.54 Å². The normalized spacial score (nSPS) is 11.1. The summed E-state index contributed by atoms with van der Waals surface area (Å²) in [5.41, 5.74) is 7.28. The number of anilines is 1. The lowest BCUT2D eigenvalue weighted by molar-refractivity contribution is 0.821. The van der Waals surface area contributed by atoms with Gasteiger partial charge in [-0.3, -0.25) is 0 Å². The molecule has 0 aliphatic carbocycles. The molecule has 19 heavy (non-hydrogen) atoms. The zero-order valence-corrected chi connectivity index (χ0v) is 11.6. The van der Waals surface area contributed by atoms with Gasteiger partial charge in [-0.15, -0.1) is 0 Å². The van der Waals surface area contributed by atoms with Crippen LogP contribution in [0.25, 0.3) is 10.8 Å². The standard InChI is InChI=1S/C15H12Cl2N2/c16-12-3-1-2-10(6-12)8-19-9-11-7-13(17)4-5-14(11)15(19)18/h1-7,9H,8,18H2. The van der Waals surface area contributed by atoms with E-state index >= 15 is 0 Å². The van der Waals surface area contributed by atoms with Crippen molar-refractivity contribution in [1.82, 2.24) is 4.57 Å². The van der Waals surface area contributed by atoms with E-state index in [9.17, 15) is 0 Å². The Kier molecular flexibility index (Phi) is 3.13. The van der Waals surface area contributed by atoms with Gasteiger partial charge >= 0.3 is 0 Å². The first-order chi connectivity index (χ1) is 9.13. The molecule has 0 spiro atoms. The molecule has 0 aliphatic heterocycles. The summed E-state index contributed by atoms with van der Waals surface area (Å²) in [7, 11) is 0. The quantitative estimate of drug-likeness (QED) is 0.736. The molecule has 2 aromatic carbocycles. The second kappa shape index (κ2) is 4.80. The zero-order valence-electron chi connectivity index (χ0n) is 10.1. The van der Waals surface area contributed by atoms with E-state index in [1.54, 1.807) is 0 Å². The van der Waals surface area contributed by atoms with E-state index in [-0.39, 0.29) is 0 Å². The van der Waals surface area contributed by atoms with Crippen LogP contribution in [0.4, 0.5) is 5.82 Å². The van der Waals surface area contributed by atoms with Crippen LogP contribution in [0.2, 0.25) is 10.0 Å². The Balaban J connectivity index is 2.03. The second-order valence-corrected chi connectivity index (χ2v) is 5.38. The Hall–Kier alpha value is -1.64. The number of nitrogen functional groups attached to an aromatic ring is 1. The molecule has 0 radical (unpaired) electrons. The number of nitrogens with zero attached hydrogens (tertiary/aromatic N) is 1. The number of aromatic nitrogens is 1. The van der Waals surface area contributed by atoms with Crippen LogP contribution in [0.1, 0.15) is 5.56 Å². The molecule has 4 heteroatoms. The molecule has 3 rings (SSSR count). The maximum Gasteiger partial charge on any atom is 0.111 e. The lowest BCUT2D eigenvalue weighted by Gasteiger charge is -2.06. The molecular weight excluding hydrogens is 279 g/mol. The summed E-state index contributed by atoms with van der Waals surface area (Å²) >= 11 is 12.0. The van der Waals surface area contributed by atoms with Crippen molar-refractivity contribution in [3.63, 3.8) is 0 Å². The van der Waals surface area contributed by atoms with E-state index in [0.29, 0.717) is 11.6 Å². The summed E-state index contributed by atoms with van der Waals surface area (Å²) in [4.78, 5) is 0. The number of fused-ring (bicyclic) bond motifs is 1. The summed E-state index contributed by atoms with van der Waals surface area (Å²) in [6, 6.07) is 13.5. The van der Waals surface area contributed by atoms with Crippen molar-refractivity contribution < 1.29 is 0 Å². The highest BCUT2D eigenvalue weighted by molar-refractivity contribution is 6.31. The minimum absolute atomic E-state index is 0.693. The number of halogens is 2. The lowest BCUT2D eigenvalue weighted by atomic mass is 10.2. The van der Waals surface area contributed by atoms with Crippen molar-refractivity contribution in [2.45, 2.75) is 6.54 Å². The van der Waals surface area contributed by atoms with Gasteiger partial charge in [0.05, 0.1) is 0 Å². The first kappa shape index (κ1) is 12.4. The number of hydrogen-bond donors (Lipinski definition) is 1. The van der Waals surface area contributed by atoms with Gasteiger partial charge in [0.15, 0.2) is 0 Å². The molecule has 2 N–H and O–H groups in total. The van der Waals surface area contributed by atoms with Crippen molar-refractivity contribution in [2.75, 3.05) is 5.73 Å². The molecule has 96 valence electrons. The topological polar surface area (TPSA) is 30.9 Å². The summed E-state index contributed by atoms with van der Waals surface area (Å²) in [5, 5.41) is 3.52. The van der Waals surface area contributed by atoms with Crippen molar-refractivity contribution >= 4 is 39.8 Å². The van der Waals surface area contributed by atoms with Crippen LogP contribution in [0.3, 0.4) is 0 Å². The largest absolute Gasteiger partial charge is 0.385 e. The monoisotopic (exact) mass is 290 g/mol. The highest BCUT2D eigenvalue weighted by Gasteiger charge is 2.07. The van der Waals surface area contributed by atoms with E-state index in [0.717, 1.165) is 27.2 Å². The van der Waals surface area contributed by atoms with Gasteiger partial charge in [0.25, 0.3) is 0 Å². The van der Waals surface area contributed by atoms with Crippen LogP contribution in [-0.4, -0.2) is 4.57 Å². The van der Waals surface area contributed by atoms with Crippen LogP contribution >= 0.6 is 23.2 Å². The Bertz CT molecular complexity index is 747. The third-order valence-corrected chi connectivity index (χ3v) is 3.61. The van der Waals surface area contributed by atoms with E-state index in [1.165, 1.54) is 0 Å². The van der Waals surface area contributed by atoms with Gasteiger partial charge in [-0.25, -0.2) is 0 Å². The fourth-order valence-corrected chi connectivity index (χ4v) is 2.62. The van der Waals surface area contributed by atoms with Crippen molar-refractivity contribution in [3.8, 4) is 0 Å². The van der Waals surface area contributed by atoms with Gasteiger partial charge in [0, 0.05) is 33.6 Å². The molecule has 0 saturated carbocycles. The maximum absolute atomic E-state index is 6.16. The van der Waals surface area contributed by atoms with Crippen molar-refractivity contribution in [1.29, 1.82) is 0 Å². The van der Waals surface area contributed by atoms with Crippen molar-refractivity contribution in [3.05, 3.63) is 64.3 Å². The number of benzene rings is 2.